The number of rotatable bonds is 5. The van der Waals surface area contributed by atoms with Gasteiger partial charge in [-0.3, -0.25) is 4.79 Å². The molecule has 16 heavy (non-hydrogen) atoms. The molecule has 0 spiro atoms. The second kappa shape index (κ2) is 8.10. The molecule has 0 aromatic rings. The molecular weight excluding hydrogens is 266 g/mol. The lowest BCUT2D eigenvalue weighted by Crippen LogP contribution is -2.30. The first-order valence-corrected chi connectivity index (χ1v) is 7.54. The second-order valence-corrected chi connectivity index (χ2v) is 6.17. The Labute approximate surface area is 108 Å². The average molecular weight is 290 g/mol. The fraction of sp³-hybridized carbons (Fsp3) is 0.923. The molecule has 1 unspecified atom stereocenters. The van der Waals surface area contributed by atoms with Crippen molar-refractivity contribution in [3.63, 3.8) is 0 Å². The van der Waals surface area contributed by atoms with Gasteiger partial charge in [-0.15, -0.1) is 0 Å². The van der Waals surface area contributed by atoms with Crippen molar-refractivity contribution in [2.24, 2.45) is 5.92 Å². The number of hydrogen-bond acceptors (Lipinski definition) is 1. The largest absolute Gasteiger partial charge is 0.355 e. The zero-order chi connectivity index (χ0) is 11.8. The lowest BCUT2D eigenvalue weighted by Gasteiger charge is -2.14. The number of carbonyl (C=O) groups excluding carboxylic acids is 1. The van der Waals surface area contributed by atoms with Crippen molar-refractivity contribution in [1.29, 1.82) is 0 Å². The Morgan fingerprint density at radius 2 is 1.94 bits per heavy atom. The Morgan fingerprint density at radius 1 is 1.31 bits per heavy atom. The first-order chi connectivity index (χ1) is 7.72. The van der Waals surface area contributed by atoms with E-state index in [0.29, 0.717) is 10.7 Å². The zero-order valence-corrected chi connectivity index (χ0v) is 11.9. The van der Waals surface area contributed by atoms with Gasteiger partial charge in [0.2, 0.25) is 5.91 Å². The van der Waals surface area contributed by atoms with E-state index in [2.05, 4.69) is 28.2 Å². The summed E-state index contributed by atoms with van der Waals surface area (Å²) in [6, 6.07) is 0. The van der Waals surface area contributed by atoms with E-state index in [1.165, 1.54) is 38.5 Å². The van der Waals surface area contributed by atoms with Crippen LogP contribution in [0.2, 0.25) is 0 Å². The number of alkyl halides is 1. The fourth-order valence-electron chi connectivity index (χ4n) is 2.27. The SMILES string of the molecule is CCC(Br)CNC(=O)CC1CCCCCC1. The van der Waals surface area contributed by atoms with Crippen LogP contribution in [-0.2, 0) is 4.79 Å². The Hall–Kier alpha value is -0.0500. The van der Waals surface area contributed by atoms with Crippen LogP contribution in [0, 0.1) is 5.92 Å². The van der Waals surface area contributed by atoms with Crippen LogP contribution >= 0.6 is 15.9 Å². The molecule has 0 radical (unpaired) electrons. The molecule has 0 aliphatic heterocycles. The summed E-state index contributed by atoms with van der Waals surface area (Å²) < 4.78 is 0. The van der Waals surface area contributed by atoms with E-state index in [4.69, 9.17) is 0 Å². The van der Waals surface area contributed by atoms with Gasteiger partial charge in [0, 0.05) is 17.8 Å². The summed E-state index contributed by atoms with van der Waals surface area (Å²) in [5.74, 6) is 0.878. The summed E-state index contributed by atoms with van der Waals surface area (Å²) in [4.78, 5) is 12.1. The molecule has 0 saturated heterocycles. The van der Waals surface area contributed by atoms with Crippen LogP contribution in [0.5, 0.6) is 0 Å². The molecule has 0 heterocycles. The van der Waals surface area contributed by atoms with Crippen LogP contribution in [0.15, 0.2) is 0 Å². The monoisotopic (exact) mass is 289 g/mol. The van der Waals surface area contributed by atoms with Crippen LogP contribution in [-0.4, -0.2) is 17.3 Å². The molecule has 1 fully saturated rings. The van der Waals surface area contributed by atoms with Gasteiger partial charge in [-0.25, -0.2) is 0 Å². The normalized spacial score (nSPS) is 20.1. The molecule has 1 aliphatic rings. The lowest BCUT2D eigenvalue weighted by atomic mass is 9.96. The van der Waals surface area contributed by atoms with Crippen LogP contribution in [0.4, 0.5) is 0 Å². The van der Waals surface area contributed by atoms with Crippen molar-refractivity contribution in [3.05, 3.63) is 0 Å². The minimum absolute atomic E-state index is 0.241. The van der Waals surface area contributed by atoms with Crippen LogP contribution in [0.3, 0.4) is 0 Å². The van der Waals surface area contributed by atoms with Crippen LogP contribution in [0.25, 0.3) is 0 Å². The summed E-state index contributed by atoms with van der Waals surface area (Å²) >= 11 is 3.53. The van der Waals surface area contributed by atoms with Crippen molar-refractivity contribution in [3.8, 4) is 0 Å². The Balaban J connectivity index is 2.16. The summed E-state index contributed by atoms with van der Waals surface area (Å²) in [6.07, 6.45) is 9.64. The van der Waals surface area contributed by atoms with E-state index in [1.807, 2.05) is 0 Å². The van der Waals surface area contributed by atoms with E-state index in [9.17, 15) is 4.79 Å². The zero-order valence-electron chi connectivity index (χ0n) is 10.3. The molecule has 0 bridgehead atoms. The molecule has 0 aromatic heterocycles. The highest BCUT2D eigenvalue weighted by Crippen LogP contribution is 2.25. The molecule has 1 saturated carbocycles. The van der Waals surface area contributed by atoms with Crippen molar-refractivity contribution >= 4 is 21.8 Å². The summed E-state index contributed by atoms with van der Waals surface area (Å²) in [7, 11) is 0. The van der Waals surface area contributed by atoms with Crippen molar-refractivity contribution < 1.29 is 4.79 Å². The third-order valence-corrected chi connectivity index (χ3v) is 4.38. The van der Waals surface area contributed by atoms with Crippen LogP contribution in [0.1, 0.15) is 58.3 Å². The van der Waals surface area contributed by atoms with Gasteiger partial charge < -0.3 is 5.32 Å². The third kappa shape index (κ3) is 5.88. The van der Waals surface area contributed by atoms with Gasteiger partial charge in [-0.1, -0.05) is 48.5 Å². The molecular formula is C13H24BrNO. The second-order valence-electron chi connectivity index (χ2n) is 4.87. The van der Waals surface area contributed by atoms with Crippen molar-refractivity contribution in [1.82, 2.24) is 5.32 Å². The molecule has 3 heteroatoms. The van der Waals surface area contributed by atoms with Gasteiger partial charge in [0.1, 0.15) is 0 Å². The maximum atomic E-state index is 11.7. The van der Waals surface area contributed by atoms with E-state index in [1.54, 1.807) is 0 Å². The van der Waals surface area contributed by atoms with Gasteiger partial charge in [0.25, 0.3) is 0 Å². The Bertz CT molecular complexity index is 200. The number of hydrogen-bond donors (Lipinski definition) is 1. The topological polar surface area (TPSA) is 29.1 Å². The molecule has 2 nitrogen and oxygen atoms in total. The predicted molar refractivity (Wildman–Crippen MR) is 71.8 cm³/mol. The maximum Gasteiger partial charge on any atom is 0.220 e. The number of nitrogens with one attached hydrogen (secondary N) is 1. The van der Waals surface area contributed by atoms with E-state index in [0.717, 1.165) is 19.4 Å². The quantitative estimate of drug-likeness (QED) is 0.608. The highest BCUT2D eigenvalue weighted by molar-refractivity contribution is 9.09. The maximum absolute atomic E-state index is 11.7. The van der Waals surface area contributed by atoms with E-state index in [-0.39, 0.29) is 5.91 Å². The van der Waals surface area contributed by atoms with Gasteiger partial charge in [0.15, 0.2) is 0 Å². The first-order valence-electron chi connectivity index (χ1n) is 6.63. The standard InChI is InChI=1S/C13H24BrNO/c1-2-12(14)10-15-13(16)9-11-7-5-3-4-6-8-11/h11-12H,2-10H2,1H3,(H,15,16). The number of amides is 1. The summed E-state index contributed by atoms with van der Waals surface area (Å²) in [6.45, 7) is 2.89. The summed E-state index contributed by atoms with van der Waals surface area (Å²) in [5, 5.41) is 3.02. The molecule has 1 amide bonds. The average Bonchev–Trinajstić information content (AvgIpc) is 2.54. The molecule has 1 rings (SSSR count). The highest BCUT2D eigenvalue weighted by atomic mass is 79.9. The predicted octanol–water partition coefficient (Wildman–Crippen LogP) is 3.64. The van der Waals surface area contributed by atoms with E-state index < -0.39 is 0 Å². The minimum atomic E-state index is 0.241. The number of halogens is 1. The first kappa shape index (κ1) is 14.0. The van der Waals surface area contributed by atoms with Gasteiger partial charge in [0.05, 0.1) is 0 Å². The summed E-state index contributed by atoms with van der Waals surface area (Å²) in [5.41, 5.74) is 0. The van der Waals surface area contributed by atoms with E-state index >= 15 is 0 Å². The third-order valence-electron chi connectivity index (χ3n) is 3.41. The Kier molecular flexibility index (Phi) is 7.10. The lowest BCUT2D eigenvalue weighted by molar-refractivity contribution is -0.122. The van der Waals surface area contributed by atoms with Crippen molar-refractivity contribution in [2.75, 3.05) is 6.54 Å². The van der Waals surface area contributed by atoms with Crippen LogP contribution < -0.4 is 5.32 Å². The fourth-order valence-corrected chi connectivity index (χ4v) is 2.43. The molecule has 1 aliphatic carbocycles. The van der Waals surface area contributed by atoms with Gasteiger partial charge in [-0.2, -0.15) is 0 Å². The Morgan fingerprint density at radius 3 is 2.50 bits per heavy atom. The molecule has 1 atom stereocenters. The molecule has 94 valence electrons. The van der Waals surface area contributed by atoms with Crippen molar-refractivity contribution in [2.45, 2.75) is 63.1 Å². The molecule has 0 aromatic carbocycles. The molecule has 1 N–H and O–H groups in total. The van der Waals surface area contributed by atoms with Gasteiger partial charge in [-0.05, 0) is 25.2 Å². The smallest absolute Gasteiger partial charge is 0.220 e. The highest BCUT2D eigenvalue weighted by Gasteiger charge is 2.16. The number of carbonyl (C=O) groups is 1. The minimum Gasteiger partial charge on any atom is -0.355 e. The van der Waals surface area contributed by atoms with Gasteiger partial charge >= 0.3 is 0 Å².